The fraction of sp³-hybridized carbons (Fsp3) is 0. The van der Waals surface area contributed by atoms with E-state index in [0.29, 0.717) is 0 Å². The van der Waals surface area contributed by atoms with Crippen molar-refractivity contribution in [3.05, 3.63) is 200 Å². The van der Waals surface area contributed by atoms with Crippen LogP contribution >= 0.6 is 11.3 Å². The Morgan fingerprint density at radius 1 is 0.276 bits per heavy atom. The summed E-state index contributed by atoms with van der Waals surface area (Å²) in [6.45, 7) is 0. The second kappa shape index (κ2) is 12.1. The SMILES string of the molecule is c1ccc2c(c1)sc1c2ccc2c1c1ccccc1n2-c1ccc(-c2cc(-n3c4ccccc4c4ccccc43)cc(-n3c4ccccc4c4ccccc43)c2)cc1. The van der Waals surface area contributed by atoms with Gasteiger partial charge in [-0.15, -0.1) is 11.3 Å². The van der Waals surface area contributed by atoms with Crippen molar-refractivity contribution in [1.29, 1.82) is 0 Å². The van der Waals surface area contributed by atoms with Gasteiger partial charge in [0.2, 0.25) is 0 Å². The Kier molecular flexibility index (Phi) is 6.60. The van der Waals surface area contributed by atoms with Gasteiger partial charge >= 0.3 is 0 Å². The largest absolute Gasteiger partial charge is 0.309 e. The van der Waals surface area contributed by atoms with Crippen molar-refractivity contribution in [2.75, 3.05) is 0 Å². The van der Waals surface area contributed by atoms with Crippen LogP contribution in [0.2, 0.25) is 0 Å². The van der Waals surface area contributed by atoms with Crippen LogP contribution in [0.15, 0.2) is 200 Å². The maximum absolute atomic E-state index is 2.44. The average molecular weight is 756 g/mol. The molecule has 0 saturated heterocycles. The minimum absolute atomic E-state index is 1.13. The molecule has 13 aromatic rings. The van der Waals surface area contributed by atoms with Crippen molar-refractivity contribution in [3.63, 3.8) is 0 Å². The number of para-hydroxylation sites is 5. The Bertz CT molecular complexity index is 3560. The first kappa shape index (κ1) is 31.8. The second-order valence-electron chi connectivity index (χ2n) is 15.3. The fourth-order valence-electron chi connectivity index (χ4n) is 9.74. The predicted molar refractivity (Wildman–Crippen MR) is 248 cm³/mol. The summed E-state index contributed by atoms with van der Waals surface area (Å²) in [4.78, 5) is 0. The highest BCUT2D eigenvalue weighted by Gasteiger charge is 2.19. The van der Waals surface area contributed by atoms with Gasteiger partial charge < -0.3 is 13.7 Å². The molecule has 0 spiro atoms. The van der Waals surface area contributed by atoms with Gasteiger partial charge in [0, 0.05) is 69.6 Å². The summed E-state index contributed by atoms with van der Waals surface area (Å²) in [6.07, 6.45) is 0. The number of rotatable bonds is 4. The van der Waals surface area contributed by atoms with E-state index in [1.807, 2.05) is 11.3 Å². The van der Waals surface area contributed by atoms with Crippen LogP contribution in [0.4, 0.5) is 0 Å². The van der Waals surface area contributed by atoms with Gasteiger partial charge in [0.25, 0.3) is 0 Å². The van der Waals surface area contributed by atoms with Crippen molar-refractivity contribution in [1.82, 2.24) is 13.7 Å². The molecule has 0 radical (unpaired) electrons. The molecule has 4 heterocycles. The molecule has 0 amide bonds. The first-order chi connectivity index (χ1) is 28.8. The highest BCUT2D eigenvalue weighted by Crippen LogP contribution is 2.44. The second-order valence-corrected chi connectivity index (χ2v) is 16.4. The summed E-state index contributed by atoms with van der Waals surface area (Å²) in [5.74, 6) is 0. The molecule has 0 fully saturated rings. The summed E-state index contributed by atoms with van der Waals surface area (Å²) in [5, 5.41) is 10.3. The summed E-state index contributed by atoms with van der Waals surface area (Å²) >= 11 is 1.90. The van der Waals surface area contributed by atoms with Crippen molar-refractivity contribution in [2.24, 2.45) is 0 Å². The summed E-state index contributed by atoms with van der Waals surface area (Å²) in [6, 6.07) is 73.7. The van der Waals surface area contributed by atoms with E-state index >= 15 is 0 Å². The lowest BCUT2D eigenvalue weighted by atomic mass is 10.0. The molecule has 13 rings (SSSR count). The standard InChI is InChI=1S/C54H33N3S/c1-7-19-46-39(13-1)40-14-2-8-20-47(40)56(46)37-31-35(32-38(33-37)57-48-21-9-3-15-41(48)42-16-4-10-22-49(42)57)34-25-27-36(28-26-34)55-50-23-11-5-18-45(50)53-51(55)30-29-44-43-17-6-12-24-52(43)58-54(44)53/h1-33H. The Morgan fingerprint density at radius 3 is 1.24 bits per heavy atom. The maximum Gasteiger partial charge on any atom is 0.0555 e. The van der Waals surface area contributed by atoms with E-state index < -0.39 is 0 Å². The molecule has 58 heavy (non-hydrogen) atoms. The highest BCUT2D eigenvalue weighted by atomic mass is 32.1. The van der Waals surface area contributed by atoms with Crippen LogP contribution in [0.25, 0.3) is 114 Å². The Balaban J connectivity index is 1.04. The quantitative estimate of drug-likeness (QED) is 0.170. The number of hydrogen-bond acceptors (Lipinski definition) is 1. The van der Waals surface area contributed by atoms with E-state index in [-0.39, 0.29) is 0 Å². The zero-order valence-corrected chi connectivity index (χ0v) is 32.1. The third kappa shape index (κ3) is 4.43. The van der Waals surface area contributed by atoms with Crippen LogP contribution in [0, 0.1) is 0 Å². The van der Waals surface area contributed by atoms with Crippen molar-refractivity contribution < 1.29 is 0 Å². The zero-order chi connectivity index (χ0) is 37.9. The first-order valence-electron chi connectivity index (χ1n) is 19.8. The van der Waals surface area contributed by atoms with Gasteiger partial charge in [-0.1, -0.05) is 127 Å². The number of fused-ring (bicyclic) bond motifs is 13. The zero-order valence-electron chi connectivity index (χ0n) is 31.3. The smallest absolute Gasteiger partial charge is 0.0555 e. The molecule has 0 aliphatic heterocycles. The molecule has 270 valence electrons. The maximum atomic E-state index is 2.44. The number of nitrogens with zero attached hydrogens (tertiary/aromatic N) is 3. The average Bonchev–Trinajstić information content (AvgIpc) is 4.03. The van der Waals surface area contributed by atoms with Gasteiger partial charge in [0.05, 0.1) is 33.1 Å². The summed E-state index contributed by atoms with van der Waals surface area (Å²) in [7, 11) is 0. The first-order valence-corrected chi connectivity index (χ1v) is 20.7. The van der Waals surface area contributed by atoms with E-state index in [0.717, 1.165) is 22.6 Å². The van der Waals surface area contributed by atoms with Crippen LogP contribution < -0.4 is 0 Å². The summed E-state index contributed by atoms with van der Waals surface area (Å²) < 4.78 is 10.00. The van der Waals surface area contributed by atoms with Crippen molar-refractivity contribution in [3.8, 4) is 28.2 Å². The lowest BCUT2D eigenvalue weighted by Crippen LogP contribution is -2.00. The van der Waals surface area contributed by atoms with Crippen LogP contribution in [0.5, 0.6) is 0 Å². The van der Waals surface area contributed by atoms with E-state index in [2.05, 4.69) is 214 Å². The lowest BCUT2D eigenvalue weighted by Gasteiger charge is -2.16. The molecule has 3 nitrogen and oxygen atoms in total. The van der Waals surface area contributed by atoms with Gasteiger partial charge in [-0.25, -0.2) is 0 Å². The molecule has 9 aromatic carbocycles. The Labute approximate surface area is 337 Å². The molecule has 0 saturated carbocycles. The molecule has 4 aromatic heterocycles. The number of benzene rings is 9. The molecule has 4 heteroatoms. The normalized spacial score (nSPS) is 12.1. The highest BCUT2D eigenvalue weighted by molar-refractivity contribution is 7.26. The molecule has 0 atom stereocenters. The molecule has 0 aliphatic carbocycles. The monoisotopic (exact) mass is 755 g/mol. The van der Waals surface area contributed by atoms with Crippen LogP contribution in [0.1, 0.15) is 0 Å². The molecule has 0 unspecified atom stereocenters. The van der Waals surface area contributed by atoms with Crippen LogP contribution in [-0.4, -0.2) is 13.7 Å². The number of aromatic nitrogens is 3. The van der Waals surface area contributed by atoms with Gasteiger partial charge in [-0.3, -0.25) is 0 Å². The van der Waals surface area contributed by atoms with Gasteiger partial charge in [0.15, 0.2) is 0 Å². The molecular formula is C54H33N3S. The summed E-state index contributed by atoms with van der Waals surface area (Å²) in [5.41, 5.74) is 13.0. The van der Waals surface area contributed by atoms with Gasteiger partial charge in [-0.05, 0) is 83.9 Å². The topological polar surface area (TPSA) is 14.8 Å². The molecule has 0 aliphatic rings. The van der Waals surface area contributed by atoms with Gasteiger partial charge in [-0.2, -0.15) is 0 Å². The predicted octanol–water partition coefficient (Wildman–Crippen LogP) is 15.0. The van der Waals surface area contributed by atoms with Crippen molar-refractivity contribution in [2.45, 2.75) is 0 Å². The van der Waals surface area contributed by atoms with Crippen LogP contribution in [-0.2, 0) is 0 Å². The Hall–Kier alpha value is -7.40. The van der Waals surface area contributed by atoms with Crippen molar-refractivity contribution >= 4 is 96.9 Å². The van der Waals surface area contributed by atoms with E-state index in [9.17, 15) is 0 Å². The van der Waals surface area contributed by atoms with E-state index in [1.54, 1.807) is 0 Å². The number of hydrogen-bond donors (Lipinski definition) is 0. The minimum Gasteiger partial charge on any atom is -0.309 e. The van der Waals surface area contributed by atoms with Crippen LogP contribution in [0.3, 0.4) is 0 Å². The molecule has 0 bridgehead atoms. The van der Waals surface area contributed by atoms with E-state index in [1.165, 1.54) is 91.2 Å². The third-order valence-electron chi connectivity index (χ3n) is 12.2. The molecular weight excluding hydrogens is 723 g/mol. The Morgan fingerprint density at radius 2 is 0.707 bits per heavy atom. The fourth-order valence-corrected chi connectivity index (χ4v) is 11.0. The van der Waals surface area contributed by atoms with Gasteiger partial charge in [0.1, 0.15) is 0 Å². The molecule has 0 N–H and O–H groups in total. The minimum atomic E-state index is 1.13. The third-order valence-corrected chi connectivity index (χ3v) is 13.4. The lowest BCUT2D eigenvalue weighted by molar-refractivity contribution is 1.13. The number of thiophene rings is 1. The van der Waals surface area contributed by atoms with E-state index in [4.69, 9.17) is 0 Å².